The SMILES string of the molecule is CC1=C[n+]2c(C)ccc3cccc(c32)N1.[Cl-]. The molecule has 82 valence electrons. The maximum absolute atomic E-state index is 3.39. The van der Waals surface area contributed by atoms with Crippen LogP contribution >= 0.6 is 0 Å². The molecule has 0 bridgehead atoms. The van der Waals surface area contributed by atoms with Gasteiger partial charge in [0.15, 0.2) is 11.9 Å². The molecular weight excluding hydrogens is 220 g/mol. The Bertz CT molecular complexity index is 588. The van der Waals surface area contributed by atoms with E-state index in [0.717, 1.165) is 0 Å². The molecule has 0 atom stereocenters. The molecule has 0 aliphatic carbocycles. The lowest BCUT2D eigenvalue weighted by molar-refractivity contribution is -0.547. The molecule has 0 amide bonds. The van der Waals surface area contributed by atoms with Crippen LogP contribution in [-0.2, 0) is 0 Å². The molecule has 1 aromatic carbocycles. The fraction of sp³-hybridized carbons (Fsp3) is 0.154. The number of allylic oxidation sites excluding steroid dienone is 1. The average Bonchev–Trinajstić information content (AvgIpc) is 2.23. The normalized spacial score (nSPS) is 12.8. The first-order chi connectivity index (χ1) is 7.25. The molecule has 1 aliphatic rings. The van der Waals surface area contributed by atoms with Gasteiger partial charge in [-0.05, 0) is 25.1 Å². The Morgan fingerprint density at radius 3 is 2.69 bits per heavy atom. The van der Waals surface area contributed by atoms with E-state index < -0.39 is 0 Å². The Balaban J connectivity index is 0.000000963. The van der Waals surface area contributed by atoms with Crippen LogP contribution in [0.25, 0.3) is 17.1 Å². The minimum atomic E-state index is 0. The summed E-state index contributed by atoms with van der Waals surface area (Å²) in [5.41, 5.74) is 4.89. The van der Waals surface area contributed by atoms with Gasteiger partial charge in [-0.15, -0.1) is 0 Å². The minimum absolute atomic E-state index is 0. The van der Waals surface area contributed by atoms with Gasteiger partial charge in [0.1, 0.15) is 5.69 Å². The number of aryl methyl sites for hydroxylation is 1. The highest BCUT2D eigenvalue weighted by molar-refractivity contribution is 5.90. The van der Waals surface area contributed by atoms with E-state index in [0.29, 0.717) is 0 Å². The molecule has 0 fully saturated rings. The highest BCUT2D eigenvalue weighted by atomic mass is 35.5. The molecule has 2 nitrogen and oxygen atoms in total. The highest BCUT2D eigenvalue weighted by Crippen LogP contribution is 2.24. The number of aromatic nitrogens is 1. The second-order valence-corrected chi connectivity index (χ2v) is 4.03. The molecule has 0 saturated heterocycles. The number of benzene rings is 1. The lowest BCUT2D eigenvalue weighted by Gasteiger charge is -2.13. The van der Waals surface area contributed by atoms with Gasteiger partial charge in [0.05, 0.1) is 5.70 Å². The van der Waals surface area contributed by atoms with Gasteiger partial charge in [-0.2, -0.15) is 4.57 Å². The maximum Gasteiger partial charge on any atom is 0.241 e. The lowest BCUT2D eigenvalue weighted by atomic mass is 10.1. The smallest absolute Gasteiger partial charge is 0.241 e. The third kappa shape index (κ3) is 1.46. The van der Waals surface area contributed by atoms with Gasteiger partial charge in [0.2, 0.25) is 5.52 Å². The van der Waals surface area contributed by atoms with Crippen LogP contribution in [0, 0.1) is 6.92 Å². The summed E-state index contributed by atoms with van der Waals surface area (Å²) in [6.07, 6.45) is 2.14. The van der Waals surface area contributed by atoms with Crippen molar-refractivity contribution in [2.45, 2.75) is 13.8 Å². The van der Waals surface area contributed by atoms with E-state index >= 15 is 0 Å². The summed E-state index contributed by atoms with van der Waals surface area (Å²) in [6.45, 7) is 4.21. The van der Waals surface area contributed by atoms with Crippen LogP contribution < -0.4 is 22.3 Å². The number of para-hydroxylation sites is 1. The summed E-state index contributed by atoms with van der Waals surface area (Å²) in [7, 11) is 0. The number of nitrogens with one attached hydrogen (secondary N) is 1. The number of nitrogens with zero attached hydrogens (tertiary/aromatic N) is 1. The van der Waals surface area contributed by atoms with E-state index in [9.17, 15) is 0 Å². The number of hydrogen-bond acceptors (Lipinski definition) is 1. The zero-order valence-corrected chi connectivity index (χ0v) is 10.0. The summed E-state index contributed by atoms with van der Waals surface area (Å²) >= 11 is 0. The Kier molecular flexibility index (Phi) is 2.60. The van der Waals surface area contributed by atoms with E-state index in [1.165, 1.54) is 28.0 Å². The first-order valence-electron chi connectivity index (χ1n) is 5.15. The fourth-order valence-electron chi connectivity index (χ4n) is 2.14. The molecular formula is C13H13ClN2. The summed E-state index contributed by atoms with van der Waals surface area (Å²) in [4.78, 5) is 0. The second-order valence-electron chi connectivity index (χ2n) is 4.03. The third-order valence-corrected chi connectivity index (χ3v) is 2.85. The predicted octanol–water partition coefficient (Wildman–Crippen LogP) is -0.316. The average molecular weight is 233 g/mol. The van der Waals surface area contributed by atoms with Gasteiger partial charge in [0, 0.05) is 18.4 Å². The van der Waals surface area contributed by atoms with Crippen molar-refractivity contribution in [1.29, 1.82) is 0 Å². The van der Waals surface area contributed by atoms with E-state index in [1.54, 1.807) is 0 Å². The fourth-order valence-corrected chi connectivity index (χ4v) is 2.14. The van der Waals surface area contributed by atoms with Crippen LogP contribution in [0.3, 0.4) is 0 Å². The number of halogens is 1. The maximum atomic E-state index is 3.39. The van der Waals surface area contributed by atoms with Crippen molar-refractivity contribution in [2.75, 3.05) is 5.32 Å². The lowest BCUT2D eigenvalue weighted by Crippen LogP contribution is -3.00. The largest absolute Gasteiger partial charge is 1.00 e. The van der Waals surface area contributed by atoms with Crippen molar-refractivity contribution >= 4 is 22.8 Å². The van der Waals surface area contributed by atoms with Crippen LogP contribution in [0.5, 0.6) is 0 Å². The van der Waals surface area contributed by atoms with Crippen molar-refractivity contribution in [3.05, 3.63) is 41.7 Å². The third-order valence-electron chi connectivity index (χ3n) is 2.85. The van der Waals surface area contributed by atoms with Crippen molar-refractivity contribution in [3.8, 4) is 0 Å². The molecule has 3 heteroatoms. The molecule has 16 heavy (non-hydrogen) atoms. The standard InChI is InChI=1S/C13H13N2.ClH/c1-9-8-15-10(2)6-7-11-4-3-5-12(14-9)13(11)15;/h3-8,14H,1-2H3;1H/q+1;/p-1. The molecule has 0 radical (unpaired) electrons. The molecule has 1 N–H and O–H groups in total. The number of anilines is 1. The zero-order valence-electron chi connectivity index (χ0n) is 9.29. The first kappa shape index (κ1) is 11.0. The topological polar surface area (TPSA) is 15.9 Å². The van der Waals surface area contributed by atoms with Crippen molar-refractivity contribution in [3.63, 3.8) is 0 Å². The predicted molar refractivity (Wildman–Crippen MR) is 62.4 cm³/mol. The number of pyridine rings is 1. The van der Waals surface area contributed by atoms with Crippen LogP contribution in [-0.4, -0.2) is 0 Å². The highest BCUT2D eigenvalue weighted by Gasteiger charge is 2.19. The van der Waals surface area contributed by atoms with Gasteiger partial charge < -0.3 is 17.7 Å². The van der Waals surface area contributed by atoms with E-state index in [-0.39, 0.29) is 12.4 Å². The Hall–Kier alpha value is -1.54. The monoisotopic (exact) mass is 232 g/mol. The molecule has 0 saturated carbocycles. The van der Waals surface area contributed by atoms with Crippen LogP contribution in [0.1, 0.15) is 12.6 Å². The van der Waals surface area contributed by atoms with Gasteiger partial charge in [0.25, 0.3) is 0 Å². The Morgan fingerprint density at radius 1 is 1.06 bits per heavy atom. The van der Waals surface area contributed by atoms with E-state index in [1.807, 2.05) is 0 Å². The van der Waals surface area contributed by atoms with E-state index in [2.05, 4.69) is 60.3 Å². The molecule has 0 spiro atoms. The van der Waals surface area contributed by atoms with Crippen LogP contribution in [0.2, 0.25) is 0 Å². The zero-order chi connectivity index (χ0) is 10.4. The van der Waals surface area contributed by atoms with Crippen molar-refractivity contribution < 1.29 is 17.0 Å². The summed E-state index contributed by atoms with van der Waals surface area (Å²) < 4.78 is 2.25. The molecule has 2 heterocycles. The Labute approximate surface area is 101 Å². The van der Waals surface area contributed by atoms with Gasteiger partial charge >= 0.3 is 0 Å². The Morgan fingerprint density at radius 2 is 1.88 bits per heavy atom. The van der Waals surface area contributed by atoms with Crippen molar-refractivity contribution in [2.24, 2.45) is 0 Å². The molecule has 3 rings (SSSR count). The number of rotatable bonds is 0. The summed E-state index contributed by atoms with van der Waals surface area (Å²) in [5, 5.41) is 4.66. The molecule has 1 aromatic heterocycles. The molecule has 1 aliphatic heterocycles. The van der Waals surface area contributed by atoms with E-state index in [4.69, 9.17) is 0 Å². The number of hydrogen-bond donors (Lipinski definition) is 1. The van der Waals surface area contributed by atoms with Gasteiger partial charge in [-0.1, -0.05) is 6.07 Å². The molecule has 0 unspecified atom stereocenters. The van der Waals surface area contributed by atoms with Crippen LogP contribution in [0.4, 0.5) is 5.69 Å². The van der Waals surface area contributed by atoms with Crippen LogP contribution in [0.15, 0.2) is 36.0 Å². The summed E-state index contributed by atoms with van der Waals surface area (Å²) in [5.74, 6) is 0. The first-order valence-corrected chi connectivity index (χ1v) is 5.15. The summed E-state index contributed by atoms with van der Waals surface area (Å²) in [6, 6.07) is 10.7. The molecule has 2 aromatic rings. The van der Waals surface area contributed by atoms with Gasteiger partial charge in [-0.25, -0.2) is 0 Å². The van der Waals surface area contributed by atoms with Gasteiger partial charge in [-0.3, -0.25) is 0 Å². The minimum Gasteiger partial charge on any atom is -1.00 e. The quantitative estimate of drug-likeness (QED) is 0.616. The van der Waals surface area contributed by atoms with Crippen molar-refractivity contribution in [1.82, 2.24) is 0 Å². The second kappa shape index (κ2) is 3.80.